The molecule has 2 aromatic rings. The third-order valence-corrected chi connectivity index (χ3v) is 5.36. The second-order valence-electron chi connectivity index (χ2n) is 4.91. The van der Waals surface area contributed by atoms with E-state index in [0.29, 0.717) is 11.3 Å². The Labute approximate surface area is 132 Å². The molecule has 0 spiro atoms. The van der Waals surface area contributed by atoms with E-state index < -0.39 is 21.6 Å². The summed E-state index contributed by atoms with van der Waals surface area (Å²) in [7, 11) is -2.35. The number of sulfone groups is 1. The molecule has 1 amide bonds. The van der Waals surface area contributed by atoms with E-state index in [1.807, 2.05) is 0 Å². The number of fused-ring (bicyclic) bond motifs is 1. The minimum absolute atomic E-state index is 0.0913. The molecule has 5 nitrogen and oxygen atoms in total. The van der Waals surface area contributed by atoms with Crippen LogP contribution in [0.1, 0.15) is 5.56 Å². The lowest BCUT2D eigenvalue weighted by molar-refractivity contribution is -0.112. The van der Waals surface area contributed by atoms with E-state index in [2.05, 4.69) is 10.6 Å². The van der Waals surface area contributed by atoms with Crippen molar-refractivity contribution in [1.82, 2.24) is 5.32 Å². The van der Waals surface area contributed by atoms with E-state index in [1.54, 1.807) is 25.2 Å². The standard InChI is InChI=1S/C16H13FN2O3S/c1-18-14-12-4-2-3-5-13(12)23(21,22)15(14)16(20)19-11-8-6-10(17)7-9-11/h2-9,18H,1H3,(H,19,20). The van der Waals surface area contributed by atoms with Gasteiger partial charge in [0.2, 0.25) is 9.84 Å². The highest BCUT2D eigenvalue weighted by Gasteiger charge is 2.39. The van der Waals surface area contributed by atoms with Crippen molar-refractivity contribution in [2.45, 2.75) is 4.90 Å². The second-order valence-corrected chi connectivity index (χ2v) is 6.77. The Morgan fingerprint density at radius 1 is 1.04 bits per heavy atom. The van der Waals surface area contributed by atoms with E-state index in [1.165, 1.54) is 30.3 Å². The van der Waals surface area contributed by atoms with E-state index in [9.17, 15) is 17.6 Å². The van der Waals surface area contributed by atoms with Crippen molar-refractivity contribution in [2.24, 2.45) is 0 Å². The summed E-state index contributed by atoms with van der Waals surface area (Å²) < 4.78 is 38.2. The Kier molecular flexibility index (Phi) is 3.65. The summed E-state index contributed by atoms with van der Waals surface area (Å²) in [6.45, 7) is 0. The smallest absolute Gasteiger partial charge is 0.269 e. The third kappa shape index (κ3) is 2.49. The summed E-state index contributed by atoms with van der Waals surface area (Å²) in [5, 5.41) is 5.26. The summed E-state index contributed by atoms with van der Waals surface area (Å²) in [5.74, 6) is -1.21. The summed E-state index contributed by atoms with van der Waals surface area (Å²) in [4.78, 5) is 12.2. The van der Waals surface area contributed by atoms with Gasteiger partial charge in [-0.1, -0.05) is 18.2 Å². The Morgan fingerprint density at radius 2 is 1.70 bits per heavy atom. The normalized spacial score (nSPS) is 15.2. The van der Waals surface area contributed by atoms with Crippen LogP contribution >= 0.6 is 0 Å². The topological polar surface area (TPSA) is 75.3 Å². The summed E-state index contributed by atoms with van der Waals surface area (Å²) >= 11 is 0. The number of hydrogen-bond acceptors (Lipinski definition) is 4. The van der Waals surface area contributed by atoms with E-state index in [0.717, 1.165) is 0 Å². The molecule has 0 radical (unpaired) electrons. The fraction of sp³-hybridized carbons (Fsp3) is 0.0625. The van der Waals surface area contributed by atoms with E-state index in [4.69, 9.17) is 0 Å². The van der Waals surface area contributed by atoms with Gasteiger partial charge in [0.05, 0.1) is 10.6 Å². The first-order chi connectivity index (χ1) is 10.9. The molecule has 0 aromatic heterocycles. The van der Waals surface area contributed by atoms with Crippen molar-refractivity contribution in [1.29, 1.82) is 0 Å². The van der Waals surface area contributed by atoms with Crippen LogP contribution in [-0.2, 0) is 14.6 Å². The average Bonchev–Trinajstić information content (AvgIpc) is 2.77. The van der Waals surface area contributed by atoms with Crippen LogP contribution in [0, 0.1) is 5.82 Å². The molecule has 0 saturated carbocycles. The highest BCUT2D eigenvalue weighted by Crippen LogP contribution is 2.37. The van der Waals surface area contributed by atoms with Gasteiger partial charge in [0, 0.05) is 18.3 Å². The number of halogens is 1. The largest absolute Gasteiger partial charge is 0.386 e. The van der Waals surface area contributed by atoms with Gasteiger partial charge in [-0.15, -0.1) is 0 Å². The lowest BCUT2D eigenvalue weighted by Crippen LogP contribution is -2.21. The molecule has 3 rings (SSSR count). The molecule has 1 aliphatic rings. The fourth-order valence-corrected chi connectivity index (χ4v) is 4.19. The van der Waals surface area contributed by atoms with E-state index in [-0.39, 0.29) is 15.5 Å². The number of carbonyl (C=O) groups is 1. The number of anilines is 1. The first-order valence-corrected chi connectivity index (χ1v) is 8.27. The number of benzene rings is 2. The first-order valence-electron chi connectivity index (χ1n) is 6.78. The minimum atomic E-state index is -3.90. The zero-order valence-corrected chi connectivity index (χ0v) is 12.9. The molecule has 0 fully saturated rings. The molecule has 1 heterocycles. The van der Waals surface area contributed by atoms with Crippen LogP contribution in [0.5, 0.6) is 0 Å². The van der Waals surface area contributed by atoms with Gasteiger partial charge in [-0.25, -0.2) is 12.8 Å². The lowest BCUT2D eigenvalue weighted by Gasteiger charge is -2.08. The van der Waals surface area contributed by atoms with Crippen LogP contribution in [0.4, 0.5) is 10.1 Å². The monoisotopic (exact) mass is 332 g/mol. The molecule has 0 bridgehead atoms. The van der Waals surface area contributed by atoms with Gasteiger partial charge in [-0.05, 0) is 30.3 Å². The SMILES string of the molecule is CNC1=C(C(=O)Nc2ccc(F)cc2)S(=O)(=O)c2ccccc21. The fourth-order valence-electron chi connectivity index (χ4n) is 2.48. The maximum absolute atomic E-state index is 12.9. The molecule has 23 heavy (non-hydrogen) atoms. The molecule has 1 aliphatic heterocycles. The maximum Gasteiger partial charge on any atom is 0.269 e. The number of amides is 1. The van der Waals surface area contributed by atoms with Crippen molar-refractivity contribution in [3.8, 4) is 0 Å². The number of nitrogens with one attached hydrogen (secondary N) is 2. The van der Waals surface area contributed by atoms with Crippen molar-refractivity contribution in [3.63, 3.8) is 0 Å². The molecule has 2 aromatic carbocycles. The lowest BCUT2D eigenvalue weighted by atomic mass is 10.1. The molecule has 118 valence electrons. The number of rotatable bonds is 3. The van der Waals surface area contributed by atoms with Gasteiger partial charge in [0.25, 0.3) is 5.91 Å². The molecular formula is C16H13FN2O3S. The molecule has 2 N–H and O–H groups in total. The van der Waals surface area contributed by atoms with Crippen molar-refractivity contribution in [3.05, 3.63) is 64.8 Å². The van der Waals surface area contributed by atoms with Crippen molar-refractivity contribution >= 4 is 27.1 Å². The summed E-state index contributed by atoms with van der Waals surface area (Å²) in [6, 6.07) is 11.5. The Morgan fingerprint density at radius 3 is 2.35 bits per heavy atom. The van der Waals surface area contributed by atoms with Crippen LogP contribution < -0.4 is 10.6 Å². The zero-order valence-electron chi connectivity index (χ0n) is 12.1. The van der Waals surface area contributed by atoms with Gasteiger partial charge in [-0.2, -0.15) is 0 Å². The Balaban J connectivity index is 2.04. The predicted molar refractivity (Wildman–Crippen MR) is 84.6 cm³/mol. The van der Waals surface area contributed by atoms with Crippen LogP contribution in [0.15, 0.2) is 58.3 Å². The van der Waals surface area contributed by atoms with Gasteiger partial charge in [-0.3, -0.25) is 4.79 Å². The molecule has 0 aliphatic carbocycles. The highest BCUT2D eigenvalue weighted by atomic mass is 32.2. The van der Waals surface area contributed by atoms with Crippen LogP contribution in [0.25, 0.3) is 5.70 Å². The minimum Gasteiger partial charge on any atom is -0.386 e. The van der Waals surface area contributed by atoms with Gasteiger partial charge in [0.1, 0.15) is 5.82 Å². The Hall–Kier alpha value is -2.67. The van der Waals surface area contributed by atoms with Crippen molar-refractivity contribution < 1.29 is 17.6 Å². The van der Waals surface area contributed by atoms with Crippen molar-refractivity contribution in [2.75, 3.05) is 12.4 Å². The van der Waals surface area contributed by atoms with Crippen LogP contribution in [0.2, 0.25) is 0 Å². The predicted octanol–water partition coefficient (Wildman–Crippen LogP) is 2.14. The summed E-state index contributed by atoms with van der Waals surface area (Å²) in [6.07, 6.45) is 0. The Bertz CT molecular complexity index is 919. The average molecular weight is 332 g/mol. The molecule has 0 saturated heterocycles. The van der Waals surface area contributed by atoms with Gasteiger partial charge in [0.15, 0.2) is 4.91 Å². The van der Waals surface area contributed by atoms with Crippen LogP contribution in [-0.4, -0.2) is 21.4 Å². The first kappa shape index (κ1) is 15.2. The van der Waals surface area contributed by atoms with E-state index >= 15 is 0 Å². The maximum atomic E-state index is 12.9. The molecule has 0 atom stereocenters. The third-order valence-electron chi connectivity index (χ3n) is 3.50. The van der Waals surface area contributed by atoms with Crippen LogP contribution in [0.3, 0.4) is 0 Å². The number of carbonyl (C=O) groups excluding carboxylic acids is 1. The summed E-state index contributed by atoms with van der Waals surface area (Å²) in [5.41, 5.74) is 1.02. The zero-order chi connectivity index (χ0) is 16.6. The second kappa shape index (κ2) is 5.51. The molecule has 7 heteroatoms. The molecule has 0 unspecified atom stereocenters. The van der Waals surface area contributed by atoms with Gasteiger partial charge < -0.3 is 10.6 Å². The van der Waals surface area contributed by atoms with Gasteiger partial charge >= 0.3 is 0 Å². The highest BCUT2D eigenvalue weighted by molar-refractivity contribution is 7.97. The number of hydrogen-bond donors (Lipinski definition) is 2. The molecular weight excluding hydrogens is 319 g/mol. The quantitative estimate of drug-likeness (QED) is 0.903.